The van der Waals surface area contributed by atoms with Crippen LogP contribution >= 0.6 is 0 Å². The zero-order valence-corrected chi connectivity index (χ0v) is 15.5. The number of fused-ring (bicyclic) bond motifs is 5. The lowest BCUT2D eigenvalue weighted by Crippen LogP contribution is -2.62. The zero-order valence-electron chi connectivity index (χ0n) is 15.5. The van der Waals surface area contributed by atoms with Gasteiger partial charge in [0, 0.05) is 36.0 Å². The molecular formula is C21H26N4. The first kappa shape index (κ1) is 16.1. The number of hydrogen-bond acceptors (Lipinski definition) is 4. The summed E-state index contributed by atoms with van der Waals surface area (Å²) < 4.78 is 0. The summed E-state index contributed by atoms with van der Waals surface area (Å²) in [6.07, 6.45) is 7.99. The highest BCUT2D eigenvalue weighted by Gasteiger charge is 2.60. The summed E-state index contributed by atoms with van der Waals surface area (Å²) in [4.78, 5) is 14.0. The Bertz CT molecular complexity index is 832. The number of nitrogens with zero attached hydrogens (tertiary/aromatic N) is 4. The molecule has 3 unspecified atom stereocenters. The molecule has 0 saturated heterocycles. The first-order valence-corrected chi connectivity index (χ1v) is 9.12. The quantitative estimate of drug-likeness (QED) is 0.765. The standard InChI is InChI=1S/C21H26N4/c1-6-20(4)19-24(5)17-18(23-14-13-22-17)25(19)16-12-10-9-11-15(16)21(20,7-2)8-3/h7,9-14,19H,2,6,8H2,1,3-5H3. The first-order valence-electron chi connectivity index (χ1n) is 9.12. The summed E-state index contributed by atoms with van der Waals surface area (Å²) in [7, 11) is 2.14. The lowest BCUT2D eigenvalue weighted by molar-refractivity contribution is 0.117. The Kier molecular flexibility index (Phi) is 3.43. The Labute approximate surface area is 150 Å². The van der Waals surface area contributed by atoms with E-state index in [4.69, 9.17) is 0 Å². The van der Waals surface area contributed by atoms with Crippen molar-refractivity contribution in [3.63, 3.8) is 0 Å². The Morgan fingerprint density at radius 1 is 1.12 bits per heavy atom. The number of rotatable bonds is 3. The van der Waals surface area contributed by atoms with Crippen LogP contribution in [0.5, 0.6) is 0 Å². The topological polar surface area (TPSA) is 32.3 Å². The van der Waals surface area contributed by atoms with Crippen molar-refractivity contribution in [3.05, 3.63) is 54.9 Å². The SMILES string of the molecule is C=CC1(CC)c2ccccc2N2c3nccnc3N(C)C2C1(C)CC. The highest BCUT2D eigenvalue weighted by Crippen LogP contribution is 2.62. The molecule has 1 aromatic heterocycles. The summed E-state index contributed by atoms with van der Waals surface area (Å²) in [6.45, 7) is 11.3. The normalized spacial score (nSPS) is 29.8. The summed E-state index contributed by atoms with van der Waals surface area (Å²) in [6, 6.07) is 8.73. The van der Waals surface area contributed by atoms with E-state index in [-0.39, 0.29) is 17.0 Å². The molecule has 0 amide bonds. The van der Waals surface area contributed by atoms with Crippen molar-refractivity contribution in [3.8, 4) is 0 Å². The van der Waals surface area contributed by atoms with Crippen LogP contribution in [0.25, 0.3) is 0 Å². The molecular weight excluding hydrogens is 308 g/mol. The maximum Gasteiger partial charge on any atom is 0.178 e. The molecule has 4 heteroatoms. The van der Waals surface area contributed by atoms with Crippen LogP contribution in [0.4, 0.5) is 17.3 Å². The van der Waals surface area contributed by atoms with E-state index >= 15 is 0 Å². The molecule has 25 heavy (non-hydrogen) atoms. The van der Waals surface area contributed by atoms with E-state index < -0.39 is 0 Å². The van der Waals surface area contributed by atoms with Gasteiger partial charge in [0.25, 0.3) is 0 Å². The van der Waals surface area contributed by atoms with E-state index in [1.807, 2.05) is 0 Å². The zero-order chi connectivity index (χ0) is 17.8. The number of allylic oxidation sites excluding steroid dienone is 1. The third-order valence-electron chi connectivity index (χ3n) is 6.71. The van der Waals surface area contributed by atoms with Gasteiger partial charge >= 0.3 is 0 Å². The second-order valence-electron chi connectivity index (χ2n) is 7.38. The van der Waals surface area contributed by atoms with E-state index in [2.05, 4.69) is 84.5 Å². The molecule has 2 aromatic rings. The van der Waals surface area contributed by atoms with Crippen molar-refractivity contribution in [2.24, 2.45) is 5.41 Å². The van der Waals surface area contributed by atoms with Gasteiger partial charge in [-0.1, -0.05) is 45.0 Å². The van der Waals surface area contributed by atoms with Gasteiger partial charge in [0.15, 0.2) is 11.6 Å². The Balaban J connectivity index is 2.09. The monoisotopic (exact) mass is 334 g/mol. The molecule has 0 saturated carbocycles. The molecule has 0 aliphatic carbocycles. The molecule has 0 spiro atoms. The van der Waals surface area contributed by atoms with Gasteiger partial charge < -0.3 is 9.80 Å². The Morgan fingerprint density at radius 2 is 1.80 bits per heavy atom. The predicted molar refractivity (Wildman–Crippen MR) is 103 cm³/mol. The lowest BCUT2D eigenvalue weighted by atomic mass is 9.54. The van der Waals surface area contributed by atoms with Crippen LogP contribution in [0.3, 0.4) is 0 Å². The van der Waals surface area contributed by atoms with Gasteiger partial charge in [0.1, 0.15) is 6.17 Å². The van der Waals surface area contributed by atoms with E-state index in [0.717, 1.165) is 24.5 Å². The molecule has 0 radical (unpaired) electrons. The summed E-state index contributed by atoms with van der Waals surface area (Å²) >= 11 is 0. The molecule has 4 nitrogen and oxygen atoms in total. The van der Waals surface area contributed by atoms with Crippen LogP contribution in [0.1, 0.15) is 39.2 Å². The van der Waals surface area contributed by atoms with Gasteiger partial charge in [0.05, 0.1) is 0 Å². The summed E-state index contributed by atoms with van der Waals surface area (Å²) in [5, 5.41) is 0. The smallest absolute Gasteiger partial charge is 0.178 e. The van der Waals surface area contributed by atoms with Crippen molar-refractivity contribution in [1.82, 2.24) is 9.97 Å². The summed E-state index contributed by atoms with van der Waals surface area (Å²) in [5.41, 5.74) is 2.47. The van der Waals surface area contributed by atoms with Crippen molar-refractivity contribution < 1.29 is 0 Å². The van der Waals surface area contributed by atoms with Gasteiger partial charge in [-0.3, -0.25) is 0 Å². The number of benzene rings is 1. The van der Waals surface area contributed by atoms with Crippen molar-refractivity contribution in [2.45, 2.75) is 45.2 Å². The second kappa shape index (κ2) is 5.32. The van der Waals surface area contributed by atoms with E-state index in [9.17, 15) is 0 Å². The Morgan fingerprint density at radius 3 is 2.44 bits per heavy atom. The second-order valence-corrected chi connectivity index (χ2v) is 7.38. The fourth-order valence-corrected chi connectivity index (χ4v) is 5.28. The molecule has 2 aliphatic rings. The average Bonchev–Trinajstić information content (AvgIpc) is 2.97. The third kappa shape index (κ3) is 1.72. The molecule has 0 fully saturated rings. The van der Waals surface area contributed by atoms with Crippen LogP contribution in [-0.4, -0.2) is 23.2 Å². The minimum absolute atomic E-state index is 0.0189. The van der Waals surface area contributed by atoms with E-state index in [1.54, 1.807) is 12.4 Å². The van der Waals surface area contributed by atoms with Gasteiger partial charge in [0.2, 0.25) is 0 Å². The highest BCUT2D eigenvalue weighted by molar-refractivity contribution is 5.82. The molecule has 3 heterocycles. The van der Waals surface area contributed by atoms with Gasteiger partial charge in [-0.15, -0.1) is 6.58 Å². The minimum atomic E-state index is -0.0875. The minimum Gasteiger partial charge on any atom is -0.335 e. The van der Waals surface area contributed by atoms with Gasteiger partial charge in [-0.2, -0.15) is 0 Å². The molecule has 4 rings (SSSR count). The third-order valence-corrected chi connectivity index (χ3v) is 6.71. The highest BCUT2D eigenvalue weighted by atomic mass is 15.5. The predicted octanol–water partition coefficient (Wildman–Crippen LogP) is 4.65. The summed E-state index contributed by atoms with van der Waals surface area (Å²) in [5.74, 6) is 1.91. The molecule has 0 N–H and O–H groups in total. The van der Waals surface area contributed by atoms with Crippen LogP contribution in [0.15, 0.2) is 49.3 Å². The van der Waals surface area contributed by atoms with E-state index in [1.165, 1.54) is 11.3 Å². The maximum atomic E-state index is 4.69. The maximum absolute atomic E-state index is 4.69. The first-order chi connectivity index (χ1) is 12.1. The van der Waals surface area contributed by atoms with E-state index in [0.29, 0.717) is 0 Å². The molecule has 2 aliphatic heterocycles. The Hall–Kier alpha value is -2.36. The fourth-order valence-electron chi connectivity index (χ4n) is 5.28. The molecule has 3 atom stereocenters. The number of aromatic nitrogens is 2. The van der Waals surface area contributed by atoms with Crippen molar-refractivity contribution in [1.29, 1.82) is 0 Å². The number of hydrogen-bond donors (Lipinski definition) is 0. The molecule has 130 valence electrons. The van der Waals surface area contributed by atoms with Crippen molar-refractivity contribution >= 4 is 17.3 Å². The van der Waals surface area contributed by atoms with Crippen LogP contribution < -0.4 is 9.80 Å². The fraction of sp³-hybridized carbons (Fsp3) is 0.429. The van der Waals surface area contributed by atoms with Crippen molar-refractivity contribution in [2.75, 3.05) is 16.8 Å². The number of para-hydroxylation sites is 1. The van der Waals surface area contributed by atoms with Gasteiger partial charge in [-0.05, 0) is 24.5 Å². The average molecular weight is 334 g/mol. The van der Waals surface area contributed by atoms with Gasteiger partial charge in [-0.25, -0.2) is 9.97 Å². The van der Waals surface area contributed by atoms with Crippen LogP contribution in [0, 0.1) is 5.41 Å². The largest absolute Gasteiger partial charge is 0.335 e. The lowest BCUT2D eigenvalue weighted by Gasteiger charge is -2.58. The van der Waals surface area contributed by atoms with Crippen LogP contribution in [0.2, 0.25) is 0 Å². The molecule has 0 bridgehead atoms. The molecule has 1 aromatic carbocycles. The van der Waals surface area contributed by atoms with Crippen LogP contribution in [-0.2, 0) is 5.41 Å². The number of anilines is 3.